The van der Waals surface area contributed by atoms with Gasteiger partial charge < -0.3 is 10.2 Å². The first-order valence-corrected chi connectivity index (χ1v) is 5.05. The number of nitrogens with two attached hydrogens (primary N) is 1. The van der Waals surface area contributed by atoms with E-state index in [1.807, 2.05) is 0 Å². The van der Waals surface area contributed by atoms with Crippen LogP contribution in [0.5, 0.6) is 0 Å². The molecule has 0 saturated carbocycles. The molecular weight excluding hydrogens is 232 g/mol. The van der Waals surface area contributed by atoms with Gasteiger partial charge in [0.25, 0.3) is 5.91 Å². The van der Waals surface area contributed by atoms with Gasteiger partial charge in [-0.3, -0.25) is 9.59 Å². The van der Waals surface area contributed by atoms with Crippen molar-refractivity contribution in [3.63, 3.8) is 0 Å². The molecule has 1 aromatic carbocycles. The van der Waals surface area contributed by atoms with Crippen LogP contribution in [-0.2, 0) is 4.79 Å². The lowest BCUT2D eigenvalue weighted by Crippen LogP contribution is -2.14. The van der Waals surface area contributed by atoms with Crippen molar-refractivity contribution >= 4 is 23.0 Å². The van der Waals surface area contributed by atoms with E-state index < -0.39 is 5.91 Å². The number of hydrogen-bond donors (Lipinski definition) is 1. The van der Waals surface area contributed by atoms with Crippen LogP contribution in [0, 0.1) is 11.3 Å². The second-order valence-corrected chi connectivity index (χ2v) is 3.55. The quantitative estimate of drug-likeness (QED) is 0.629. The van der Waals surface area contributed by atoms with Crippen molar-refractivity contribution in [2.45, 2.75) is 0 Å². The van der Waals surface area contributed by atoms with E-state index in [0.717, 1.165) is 6.08 Å². The number of nitrogens with zero attached hydrogens (tertiary/aromatic N) is 1. The van der Waals surface area contributed by atoms with E-state index >= 15 is 0 Å². The van der Waals surface area contributed by atoms with Crippen molar-refractivity contribution in [1.29, 1.82) is 5.26 Å². The molecule has 2 rings (SSSR count). The SMILES string of the molecule is N#CC(=Cc1coc2ccccc2c1=O)C(N)=O. The number of primary amides is 1. The molecule has 0 aliphatic carbocycles. The van der Waals surface area contributed by atoms with Gasteiger partial charge in [-0.25, -0.2) is 0 Å². The maximum absolute atomic E-state index is 12.0. The Morgan fingerprint density at radius 1 is 1.39 bits per heavy atom. The molecule has 0 aliphatic heterocycles. The minimum absolute atomic E-state index is 0.115. The number of carbonyl (C=O) groups is 1. The van der Waals surface area contributed by atoms with Crippen LogP contribution in [0.1, 0.15) is 5.56 Å². The van der Waals surface area contributed by atoms with E-state index in [9.17, 15) is 9.59 Å². The summed E-state index contributed by atoms with van der Waals surface area (Å²) in [5, 5.41) is 9.09. The van der Waals surface area contributed by atoms with Crippen LogP contribution in [0.4, 0.5) is 0 Å². The van der Waals surface area contributed by atoms with Crippen LogP contribution in [0.25, 0.3) is 17.0 Å². The molecule has 1 amide bonds. The van der Waals surface area contributed by atoms with Gasteiger partial charge in [-0.1, -0.05) is 12.1 Å². The van der Waals surface area contributed by atoms with Crippen molar-refractivity contribution < 1.29 is 9.21 Å². The van der Waals surface area contributed by atoms with E-state index in [1.54, 1.807) is 30.3 Å². The van der Waals surface area contributed by atoms with Gasteiger partial charge in [0.1, 0.15) is 23.5 Å². The summed E-state index contributed by atoms with van der Waals surface area (Å²) in [5.74, 6) is -0.884. The standard InChI is InChI=1S/C13H8N2O3/c14-6-8(13(15)17)5-9-7-18-11-4-2-1-3-10(11)12(9)16/h1-5,7H,(H2,15,17). The zero-order valence-electron chi connectivity index (χ0n) is 9.21. The molecule has 2 aromatic rings. The largest absolute Gasteiger partial charge is 0.463 e. The van der Waals surface area contributed by atoms with Gasteiger partial charge in [0.2, 0.25) is 0 Å². The minimum atomic E-state index is -0.884. The number of nitriles is 1. The summed E-state index contributed by atoms with van der Waals surface area (Å²) in [4.78, 5) is 22.9. The van der Waals surface area contributed by atoms with Crippen molar-refractivity contribution in [2.75, 3.05) is 0 Å². The van der Waals surface area contributed by atoms with E-state index in [-0.39, 0.29) is 16.6 Å². The van der Waals surface area contributed by atoms with Gasteiger partial charge in [-0.15, -0.1) is 0 Å². The molecule has 0 unspecified atom stereocenters. The smallest absolute Gasteiger partial charge is 0.259 e. The number of fused-ring (bicyclic) bond motifs is 1. The van der Waals surface area contributed by atoms with E-state index in [4.69, 9.17) is 15.4 Å². The van der Waals surface area contributed by atoms with Crippen LogP contribution >= 0.6 is 0 Å². The second kappa shape index (κ2) is 4.55. The Morgan fingerprint density at radius 3 is 2.78 bits per heavy atom. The highest BCUT2D eigenvalue weighted by Crippen LogP contribution is 2.12. The molecule has 0 atom stereocenters. The third kappa shape index (κ3) is 1.99. The third-order valence-electron chi connectivity index (χ3n) is 2.39. The lowest BCUT2D eigenvalue weighted by Gasteiger charge is -1.98. The highest BCUT2D eigenvalue weighted by atomic mass is 16.3. The van der Waals surface area contributed by atoms with E-state index in [0.29, 0.717) is 11.0 Å². The van der Waals surface area contributed by atoms with Crippen molar-refractivity contribution in [3.05, 3.63) is 51.9 Å². The summed E-state index contributed by atoms with van der Waals surface area (Å²) >= 11 is 0. The molecule has 2 N–H and O–H groups in total. The van der Waals surface area contributed by atoms with Gasteiger partial charge in [0.15, 0.2) is 5.43 Å². The van der Waals surface area contributed by atoms with Crippen LogP contribution in [-0.4, -0.2) is 5.91 Å². The fourth-order valence-electron chi connectivity index (χ4n) is 1.51. The Balaban J connectivity index is 2.68. The average molecular weight is 240 g/mol. The number of rotatable bonds is 2. The van der Waals surface area contributed by atoms with Gasteiger partial charge in [0.05, 0.1) is 10.9 Å². The first kappa shape index (κ1) is 11.6. The highest BCUT2D eigenvalue weighted by Gasteiger charge is 2.08. The summed E-state index contributed by atoms with van der Waals surface area (Å²) in [5.41, 5.74) is 4.94. The topological polar surface area (TPSA) is 97.1 Å². The summed E-state index contributed by atoms with van der Waals surface area (Å²) in [6.45, 7) is 0. The first-order chi connectivity index (χ1) is 8.63. The Morgan fingerprint density at radius 2 is 2.11 bits per heavy atom. The van der Waals surface area contributed by atoms with Crippen LogP contribution in [0.15, 0.2) is 45.3 Å². The molecule has 5 heteroatoms. The summed E-state index contributed by atoms with van der Waals surface area (Å²) in [6, 6.07) is 8.33. The lowest BCUT2D eigenvalue weighted by molar-refractivity contribution is -0.114. The monoisotopic (exact) mass is 240 g/mol. The molecule has 18 heavy (non-hydrogen) atoms. The third-order valence-corrected chi connectivity index (χ3v) is 2.39. The van der Waals surface area contributed by atoms with Gasteiger partial charge >= 0.3 is 0 Å². The molecule has 88 valence electrons. The maximum Gasteiger partial charge on any atom is 0.259 e. The van der Waals surface area contributed by atoms with Crippen molar-refractivity contribution in [2.24, 2.45) is 5.73 Å². The zero-order chi connectivity index (χ0) is 13.1. The van der Waals surface area contributed by atoms with Crippen molar-refractivity contribution in [1.82, 2.24) is 0 Å². The van der Waals surface area contributed by atoms with E-state index in [2.05, 4.69) is 0 Å². The highest BCUT2D eigenvalue weighted by molar-refractivity contribution is 6.00. The Hall–Kier alpha value is -2.87. The Kier molecular flexibility index (Phi) is 2.94. The number of benzene rings is 1. The van der Waals surface area contributed by atoms with Crippen LogP contribution in [0.2, 0.25) is 0 Å². The number of hydrogen-bond acceptors (Lipinski definition) is 4. The zero-order valence-corrected chi connectivity index (χ0v) is 9.21. The molecule has 1 heterocycles. The fraction of sp³-hybridized carbons (Fsp3) is 0. The number of amides is 1. The molecule has 1 aromatic heterocycles. The average Bonchev–Trinajstić information content (AvgIpc) is 2.38. The molecule has 0 radical (unpaired) electrons. The summed E-state index contributed by atoms with van der Waals surface area (Å²) in [6.07, 6.45) is 2.32. The number of carbonyl (C=O) groups excluding carboxylic acids is 1. The van der Waals surface area contributed by atoms with Crippen LogP contribution < -0.4 is 11.2 Å². The lowest BCUT2D eigenvalue weighted by atomic mass is 10.1. The van der Waals surface area contributed by atoms with Crippen LogP contribution in [0.3, 0.4) is 0 Å². The van der Waals surface area contributed by atoms with Gasteiger partial charge in [0, 0.05) is 0 Å². The van der Waals surface area contributed by atoms with Gasteiger partial charge in [-0.2, -0.15) is 5.26 Å². The van der Waals surface area contributed by atoms with E-state index in [1.165, 1.54) is 6.26 Å². The fourth-order valence-corrected chi connectivity index (χ4v) is 1.51. The predicted molar refractivity (Wildman–Crippen MR) is 65.3 cm³/mol. The summed E-state index contributed by atoms with van der Waals surface area (Å²) < 4.78 is 5.24. The minimum Gasteiger partial charge on any atom is -0.463 e. The Bertz CT molecular complexity index is 751. The second-order valence-electron chi connectivity index (χ2n) is 3.55. The summed E-state index contributed by atoms with van der Waals surface area (Å²) in [7, 11) is 0. The maximum atomic E-state index is 12.0. The Labute approximate surface area is 102 Å². The molecule has 0 fully saturated rings. The normalized spacial score (nSPS) is 11.2. The molecule has 0 saturated heterocycles. The molecule has 0 spiro atoms. The number of para-hydroxylation sites is 1. The van der Waals surface area contributed by atoms with Gasteiger partial charge in [-0.05, 0) is 18.2 Å². The van der Waals surface area contributed by atoms with Crippen molar-refractivity contribution in [3.8, 4) is 6.07 Å². The molecule has 0 bridgehead atoms. The molecular formula is C13H8N2O3. The first-order valence-electron chi connectivity index (χ1n) is 5.05. The molecule has 5 nitrogen and oxygen atoms in total. The molecule has 0 aliphatic rings. The predicted octanol–water partition coefficient (Wildman–Crippen LogP) is 1.19.